The highest BCUT2D eigenvalue weighted by molar-refractivity contribution is 5.73. The maximum atomic E-state index is 12.6. The van der Waals surface area contributed by atoms with Gasteiger partial charge < -0.3 is 21.2 Å². The van der Waals surface area contributed by atoms with E-state index in [2.05, 4.69) is 5.32 Å². The summed E-state index contributed by atoms with van der Waals surface area (Å²) in [5, 5.41) is 9.15. The maximum absolute atomic E-state index is 12.6. The van der Waals surface area contributed by atoms with Gasteiger partial charge in [0.05, 0.1) is 6.21 Å². The number of methoxy groups -OCH3 is 1. The molecule has 0 spiro atoms. The Morgan fingerprint density at radius 1 is 1.83 bits per heavy atom. The summed E-state index contributed by atoms with van der Waals surface area (Å²) in [6.07, 6.45) is 0.906. The molecule has 0 fully saturated rings. The summed E-state index contributed by atoms with van der Waals surface area (Å²) in [4.78, 5) is 0. The summed E-state index contributed by atoms with van der Waals surface area (Å²) in [7, 11) is 1.50. The molecule has 0 aromatic heterocycles. The van der Waals surface area contributed by atoms with Gasteiger partial charge in [-0.05, 0) is 6.42 Å². The van der Waals surface area contributed by atoms with Crippen LogP contribution in [0.3, 0.4) is 0 Å². The third kappa shape index (κ3) is 3.34. The number of ether oxygens (including phenoxy) is 1. The highest BCUT2D eigenvalue weighted by Crippen LogP contribution is 1.98. The van der Waals surface area contributed by atoms with E-state index in [1.165, 1.54) is 7.11 Å². The lowest BCUT2D eigenvalue weighted by Gasteiger charge is -2.15. The van der Waals surface area contributed by atoms with E-state index >= 15 is 0 Å². The molecule has 70 valence electrons. The molecule has 0 aromatic rings. The van der Waals surface area contributed by atoms with Crippen LogP contribution in [0.4, 0.5) is 4.39 Å². The molecule has 0 saturated carbocycles. The normalized spacial score (nSPS) is 14.9. The van der Waals surface area contributed by atoms with E-state index in [0.29, 0.717) is 12.6 Å². The van der Waals surface area contributed by atoms with Crippen molar-refractivity contribution in [2.45, 2.75) is 19.6 Å². The van der Waals surface area contributed by atoms with Gasteiger partial charge in [0.15, 0.2) is 5.83 Å². The third-order valence-electron chi connectivity index (χ3n) is 1.36. The first-order valence-electron chi connectivity index (χ1n) is 3.60. The molecular formula is C7H14FN3O. The van der Waals surface area contributed by atoms with Crippen LogP contribution in [0.5, 0.6) is 0 Å². The lowest BCUT2D eigenvalue weighted by molar-refractivity contribution is 0.0787. The van der Waals surface area contributed by atoms with Gasteiger partial charge in [-0.25, -0.2) is 4.39 Å². The van der Waals surface area contributed by atoms with E-state index in [4.69, 9.17) is 15.9 Å². The molecule has 0 saturated heterocycles. The Morgan fingerprint density at radius 3 is 2.75 bits per heavy atom. The average molecular weight is 175 g/mol. The van der Waals surface area contributed by atoms with Gasteiger partial charge in [-0.15, -0.1) is 0 Å². The zero-order chi connectivity index (χ0) is 9.56. The molecule has 1 atom stereocenters. The Hall–Kier alpha value is -1.10. The number of allylic oxidation sites excluding steroid dienone is 1. The number of hydrogen-bond donors (Lipinski definition) is 3. The number of hydrogen-bond acceptors (Lipinski definition) is 4. The van der Waals surface area contributed by atoms with Crippen LogP contribution in [0.15, 0.2) is 11.6 Å². The van der Waals surface area contributed by atoms with Crippen molar-refractivity contribution >= 4 is 6.21 Å². The summed E-state index contributed by atoms with van der Waals surface area (Å²) < 4.78 is 17.4. The van der Waals surface area contributed by atoms with Crippen molar-refractivity contribution in [2.75, 3.05) is 7.11 Å². The van der Waals surface area contributed by atoms with Gasteiger partial charge >= 0.3 is 0 Å². The van der Waals surface area contributed by atoms with Crippen LogP contribution in [-0.2, 0) is 4.74 Å². The minimum atomic E-state index is -0.787. The van der Waals surface area contributed by atoms with E-state index in [-0.39, 0.29) is 12.0 Å². The van der Waals surface area contributed by atoms with Gasteiger partial charge in [0.1, 0.15) is 12.0 Å². The highest BCUT2D eigenvalue weighted by atomic mass is 19.1. The molecule has 4 N–H and O–H groups in total. The van der Waals surface area contributed by atoms with Crippen molar-refractivity contribution < 1.29 is 9.13 Å². The Morgan fingerprint density at radius 2 is 2.42 bits per heavy atom. The Kier molecular flexibility index (Phi) is 5.03. The molecule has 0 aliphatic rings. The van der Waals surface area contributed by atoms with Gasteiger partial charge in [0.25, 0.3) is 0 Å². The predicted molar refractivity (Wildman–Crippen MR) is 45.3 cm³/mol. The fraction of sp³-hybridized carbons (Fsp3) is 0.571. The zero-order valence-corrected chi connectivity index (χ0v) is 7.23. The van der Waals surface area contributed by atoms with E-state index < -0.39 is 5.83 Å². The first kappa shape index (κ1) is 10.9. The second-order valence-electron chi connectivity index (χ2n) is 2.18. The second-order valence-corrected chi connectivity index (χ2v) is 2.18. The van der Waals surface area contributed by atoms with Crippen molar-refractivity contribution in [3.63, 3.8) is 0 Å². The van der Waals surface area contributed by atoms with E-state index in [0.717, 1.165) is 0 Å². The second kappa shape index (κ2) is 5.54. The molecule has 0 rings (SSSR count). The highest BCUT2D eigenvalue weighted by Gasteiger charge is 2.05. The van der Waals surface area contributed by atoms with Crippen molar-refractivity contribution in [3.05, 3.63) is 11.6 Å². The first-order valence-corrected chi connectivity index (χ1v) is 3.60. The molecule has 4 nitrogen and oxygen atoms in total. The van der Waals surface area contributed by atoms with Gasteiger partial charge in [-0.2, -0.15) is 0 Å². The quantitative estimate of drug-likeness (QED) is 0.425. The van der Waals surface area contributed by atoms with Crippen LogP contribution in [0.2, 0.25) is 0 Å². The van der Waals surface area contributed by atoms with Gasteiger partial charge in [0, 0.05) is 7.11 Å². The number of nitrogens with two attached hydrogens (primary N) is 1. The summed E-state index contributed by atoms with van der Waals surface area (Å²) in [6, 6.07) is 0. The largest absolute Gasteiger partial charge is 0.383 e. The lowest BCUT2D eigenvalue weighted by atomic mass is 10.4. The van der Waals surface area contributed by atoms with Crippen molar-refractivity contribution in [1.82, 2.24) is 5.32 Å². The van der Waals surface area contributed by atoms with Crippen LogP contribution in [0.25, 0.3) is 0 Å². The molecule has 0 heterocycles. The van der Waals surface area contributed by atoms with Crippen molar-refractivity contribution in [2.24, 2.45) is 5.73 Å². The minimum absolute atomic E-state index is 0.168. The van der Waals surface area contributed by atoms with Gasteiger partial charge in [-0.1, -0.05) is 6.92 Å². The molecule has 0 aliphatic heterocycles. The fourth-order valence-electron chi connectivity index (χ4n) is 0.648. The Labute approximate surface area is 71.1 Å². The molecule has 0 aromatic carbocycles. The summed E-state index contributed by atoms with van der Waals surface area (Å²) in [5.74, 6) is -0.954. The molecule has 12 heavy (non-hydrogen) atoms. The maximum Gasteiger partial charge on any atom is 0.180 e. The van der Waals surface area contributed by atoms with Crippen molar-refractivity contribution in [1.29, 1.82) is 5.41 Å². The fourth-order valence-corrected chi connectivity index (χ4v) is 0.648. The first-order chi connectivity index (χ1) is 5.65. The van der Waals surface area contributed by atoms with Gasteiger partial charge in [0.2, 0.25) is 0 Å². The van der Waals surface area contributed by atoms with Crippen molar-refractivity contribution in [3.8, 4) is 0 Å². The van der Waals surface area contributed by atoms with Crippen LogP contribution >= 0.6 is 0 Å². The standard InChI is InChI=1S/C7H14FN3O/c1-3-6(12-2)11-7(10)5(8)4-9/h4,6,9,11H,3,10H2,1-2H3/b7-5-,9-4?. The molecule has 0 amide bonds. The predicted octanol–water partition coefficient (Wildman–Crippen LogP) is 0.705. The number of nitrogens with one attached hydrogen (secondary N) is 2. The molecule has 0 radical (unpaired) electrons. The smallest absolute Gasteiger partial charge is 0.180 e. The topological polar surface area (TPSA) is 71.1 Å². The van der Waals surface area contributed by atoms with E-state index in [1.807, 2.05) is 6.92 Å². The third-order valence-corrected chi connectivity index (χ3v) is 1.36. The minimum Gasteiger partial charge on any atom is -0.383 e. The lowest BCUT2D eigenvalue weighted by Crippen LogP contribution is -2.33. The summed E-state index contributed by atoms with van der Waals surface area (Å²) in [5.41, 5.74) is 5.24. The molecule has 0 bridgehead atoms. The molecular weight excluding hydrogens is 161 g/mol. The number of rotatable bonds is 5. The Bertz CT molecular complexity index is 177. The zero-order valence-electron chi connectivity index (χ0n) is 7.23. The Balaban J connectivity index is 4.14. The van der Waals surface area contributed by atoms with Crippen LogP contribution in [0.1, 0.15) is 13.3 Å². The monoisotopic (exact) mass is 175 g/mol. The average Bonchev–Trinajstić information content (AvgIpc) is 2.12. The van der Waals surface area contributed by atoms with E-state index in [1.54, 1.807) is 0 Å². The SMILES string of the molecule is CCC(N/C(N)=C(\F)C=N)OC. The van der Waals surface area contributed by atoms with E-state index in [9.17, 15) is 4.39 Å². The van der Waals surface area contributed by atoms with Gasteiger partial charge in [-0.3, -0.25) is 0 Å². The van der Waals surface area contributed by atoms with Crippen LogP contribution in [-0.4, -0.2) is 19.6 Å². The molecule has 1 unspecified atom stereocenters. The number of halogens is 1. The molecule has 0 aliphatic carbocycles. The molecule has 5 heteroatoms. The summed E-state index contributed by atoms with van der Waals surface area (Å²) >= 11 is 0. The van der Waals surface area contributed by atoms with Crippen LogP contribution in [0, 0.1) is 5.41 Å². The summed E-state index contributed by atoms with van der Waals surface area (Å²) in [6.45, 7) is 1.87. The van der Waals surface area contributed by atoms with Crippen LogP contribution < -0.4 is 11.1 Å².